The fourth-order valence-electron chi connectivity index (χ4n) is 3.82. The molecule has 0 saturated carbocycles. The average molecular weight is 493 g/mol. The zero-order chi connectivity index (χ0) is 25.6. The summed E-state index contributed by atoms with van der Waals surface area (Å²) < 4.78 is 7.11. The number of amides is 2. The Balaban J connectivity index is 1.20. The number of anilines is 3. The predicted molar refractivity (Wildman–Crippen MR) is 142 cm³/mol. The van der Waals surface area contributed by atoms with E-state index in [1.807, 2.05) is 47.1 Å². The molecule has 0 fully saturated rings. The van der Waals surface area contributed by atoms with E-state index in [-0.39, 0.29) is 12.5 Å². The van der Waals surface area contributed by atoms with Crippen LogP contribution in [0.2, 0.25) is 0 Å². The Labute approximate surface area is 212 Å². The number of pyridine rings is 1. The summed E-state index contributed by atoms with van der Waals surface area (Å²) in [6.07, 6.45) is 4.51. The molecule has 3 aromatic carbocycles. The van der Waals surface area contributed by atoms with Gasteiger partial charge in [-0.3, -0.25) is 19.8 Å². The van der Waals surface area contributed by atoms with Crippen molar-refractivity contribution in [2.75, 3.05) is 16.4 Å². The van der Waals surface area contributed by atoms with Crippen molar-refractivity contribution in [2.45, 2.75) is 13.2 Å². The van der Waals surface area contributed by atoms with Crippen LogP contribution in [0.15, 0.2) is 97.5 Å². The number of nitrogens with two attached hydrogens (primary N) is 1. The third-order valence-corrected chi connectivity index (χ3v) is 5.74. The molecule has 2 amide bonds. The fraction of sp³-hybridized carbons (Fsp3) is 0.0714. The first kappa shape index (κ1) is 23.6. The molecule has 2 heterocycles. The Morgan fingerprint density at radius 3 is 2.51 bits per heavy atom. The number of ether oxygens (including phenoxy) is 1. The van der Waals surface area contributed by atoms with Crippen LogP contribution in [0.4, 0.5) is 21.9 Å². The van der Waals surface area contributed by atoms with E-state index >= 15 is 0 Å². The number of benzene rings is 3. The van der Waals surface area contributed by atoms with Crippen LogP contribution in [0.25, 0.3) is 10.9 Å². The van der Waals surface area contributed by atoms with Crippen LogP contribution in [0, 0.1) is 0 Å². The molecule has 9 nitrogen and oxygen atoms in total. The van der Waals surface area contributed by atoms with Crippen LogP contribution < -0.4 is 16.4 Å². The maximum Gasteiger partial charge on any atom is 0.411 e. The highest BCUT2D eigenvalue weighted by Gasteiger charge is 2.10. The third-order valence-electron chi connectivity index (χ3n) is 5.74. The van der Waals surface area contributed by atoms with Gasteiger partial charge in [0.2, 0.25) is 0 Å². The molecule has 0 spiro atoms. The van der Waals surface area contributed by atoms with E-state index in [1.165, 1.54) is 0 Å². The number of rotatable bonds is 7. The topological polar surface area (TPSA) is 124 Å². The second kappa shape index (κ2) is 10.6. The maximum atomic E-state index is 12.6. The standard InChI is InChI=1S/C28H24N6O3/c29-24-5-1-2-6-25(24)33-27(35)21-9-7-19(8-10-21)17-34-26-12-11-23(14-22(26)16-31-34)32-28(36)37-18-20-4-3-13-30-15-20/h1-16H,17-18,29H2,(H,32,36)(H,33,35). The number of hydrogen-bond donors (Lipinski definition) is 3. The first-order chi connectivity index (χ1) is 18.0. The summed E-state index contributed by atoms with van der Waals surface area (Å²) in [7, 11) is 0. The summed E-state index contributed by atoms with van der Waals surface area (Å²) in [5.74, 6) is -0.229. The monoisotopic (exact) mass is 492 g/mol. The molecule has 4 N–H and O–H groups in total. The predicted octanol–water partition coefficient (Wildman–Crippen LogP) is 5.06. The van der Waals surface area contributed by atoms with Crippen molar-refractivity contribution in [3.05, 3.63) is 114 Å². The van der Waals surface area contributed by atoms with Crippen LogP contribution >= 0.6 is 0 Å². The van der Waals surface area contributed by atoms with Gasteiger partial charge in [0.15, 0.2) is 0 Å². The summed E-state index contributed by atoms with van der Waals surface area (Å²) in [4.78, 5) is 28.7. The molecule has 0 aliphatic heterocycles. The largest absolute Gasteiger partial charge is 0.444 e. The molecule has 0 saturated heterocycles. The van der Waals surface area contributed by atoms with Gasteiger partial charge in [0.05, 0.1) is 29.6 Å². The fourth-order valence-corrected chi connectivity index (χ4v) is 3.82. The highest BCUT2D eigenvalue weighted by Crippen LogP contribution is 2.21. The minimum atomic E-state index is -0.547. The van der Waals surface area contributed by atoms with Gasteiger partial charge in [-0.2, -0.15) is 5.10 Å². The second-order valence-electron chi connectivity index (χ2n) is 8.38. The lowest BCUT2D eigenvalue weighted by atomic mass is 10.1. The Bertz CT molecular complexity index is 1550. The number of aromatic nitrogens is 3. The SMILES string of the molecule is Nc1ccccc1NC(=O)c1ccc(Cn2ncc3cc(NC(=O)OCc4cccnc4)ccc32)cc1. The van der Waals surface area contributed by atoms with Gasteiger partial charge in [0, 0.05) is 34.6 Å². The van der Waals surface area contributed by atoms with Crippen molar-refractivity contribution >= 4 is 40.0 Å². The molecule has 0 radical (unpaired) electrons. The highest BCUT2D eigenvalue weighted by molar-refractivity contribution is 6.05. The quantitative estimate of drug-likeness (QED) is 0.273. The van der Waals surface area contributed by atoms with E-state index in [0.29, 0.717) is 29.2 Å². The minimum Gasteiger partial charge on any atom is -0.444 e. The zero-order valence-electron chi connectivity index (χ0n) is 19.8. The lowest BCUT2D eigenvalue weighted by Crippen LogP contribution is -2.13. The molecule has 0 aliphatic carbocycles. The van der Waals surface area contributed by atoms with E-state index in [1.54, 1.807) is 55.0 Å². The molecular formula is C28H24N6O3. The molecule has 37 heavy (non-hydrogen) atoms. The van der Waals surface area contributed by atoms with E-state index < -0.39 is 6.09 Å². The highest BCUT2D eigenvalue weighted by atomic mass is 16.5. The molecule has 0 atom stereocenters. The Kier molecular flexibility index (Phi) is 6.76. The normalized spacial score (nSPS) is 10.7. The van der Waals surface area contributed by atoms with Gasteiger partial charge < -0.3 is 15.8 Å². The van der Waals surface area contributed by atoms with Crippen LogP contribution in [-0.2, 0) is 17.9 Å². The second-order valence-corrected chi connectivity index (χ2v) is 8.38. The van der Waals surface area contributed by atoms with E-state index in [2.05, 4.69) is 20.7 Å². The lowest BCUT2D eigenvalue weighted by Gasteiger charge is -2.09. The number of para-hydroxylation sites is 2. The number of carbonyl (C=O) groups excluding carboxylic acids is 2. The number of nitrogens with one attached hydrogen (secondary N) is 2. The number of nitrogen functional groups attached to an aromatic ring is 1. The molecule has 9 heteroatoms. The molecule has 5 rings (SSSR count). The minimum absolute atomic E-state index is 0.139. The molecular weight excluding hydrogens is 468 g/mol. The Morgan fingerprint density at radius 2 is 1.73 bits per heavy atom. The first-order valence-electron chi connectivity index (χ1n) is 11.6. The average Bonchev–Trinajstić information content (AvgIpc) is 3.31. The summed E-state index contributed by atoms with van der Waals surface area (Å²) in [6.45, 7) is 0.664. The molecule has 0 bridgehead atoms. The Hall–Kier alpha value is -5.18. The summed E-state index contributed by atoms with van der Waals surface area (Å²) in [5, 5.41) is 10.9. The number of hydrogen-bond acceptors (Lipinski definition) is 6. The number of carbonyl (C=O) groups is 2. The van der Waals surface area contributed by atoms with Crippen molar-refractivity contribution in [3.63, 3.8) is 0 Å². The van der Waals surface area contributed by atoms with Crippen molar-refractivity contribution in [1.29, 1.82) is 0 Å². The molecule has 0 aliphatic rings. The van der Waals surface area contributed by atoms with E-state index in [0.717, 1.165) is 22.0 Å². The van der Waals surface area contributed by atoms with Crippen molar-refractivity contribution < 1.29 is 14.3 Å². The molecule has 2 aromatic heterocycles. The van der Waals surface area contributed by atoms with Gasteiger partial charge in [-0.05, 0) is 54.1 Å². The summed E-state index contributed by atoms with van der Waals surface area (Å²) in [5.41, 5.74) is 10.8. The van der Waals surface area contributed by atoms with Crippen molar-refractivity contribution in [2.24, 2.45) is 0 Å². The Morgan fingerprint density at radius 1 is 0.892 bits per heavy atom. The summed E-state index contributed by atoms with van der Waals surface area (Å²) in [6, 6.07) is 23.6. The van der Waals surface area contributed by atoms with Crippen LogP contribution in [-0.4, -0.2) is 26.8 Å². The molecule has 184 valence electrons. The zero-order valence-corrected chi connectivity index (χ0v) is 19.8. The van der Waals surface area contributed by atoms with Gasteiger partial charge in [0.1, 0.15) is 6.61 Å². The molecule has 5 aromatic rings. The van der Waals surface area contributed by atoms with Crippen LogP contribution in [0.3, 0.4) is 0 Å². The van der Waals surface area contributed by atoms with Crippen molar-refractivity contribution in [1.82, 2.24) is 14.8 Å². The van der Waals surface area contributed by atoms with Gasteiger partial charge in [-0.1, -0.05) is 30.3 Å². The smallest absolute Gasteiger partial charge is 0.411 e. The van der Waals surface area contributed by atoms with E-state index in [9.17, 15) is 9.59 Å². The lowest BCUT2D eigenvalue weighted by molar-refractivity contribution is 0.102. The first-order valence-corrected chi connectivity index (χ1v) is 11.6. The molecule has 0 unspecified atom stereocenters. The van der Waals surface area contributed by atoms with E-state index in [4.69, 9.17) is 10.5 Å². The number of nitrogens with zero attached hydrogens (tertiary/aromatic N) is 3. The third kappa shape index (κ3) is 5.73. The van der Waals surface area contributed by atoms with Gasteiger partial charge in [0.25, 0.3) is 5.91 Å². The van der Waals surface area contributed by atoms with Gasteiger partial charge in [-0.15, -0.1) is 0 Å². The summed E-state index contributed by atoms with van der Waals surface area (Å²) >= 11 is 0. The number of fused-ring (bicyclic) bond motifs is 1. The van der Waals surface area contributed by atoms with Gasteiger partial charge in [-0.25, -0.2) is 4.79 Å². The van der Waals surface area contributed by atoms with Crippen LogP contribution in [0.1, 0.15) is 21.5 Å². The maximum absolute atomic E-state index is 12.6. The van der Waals surface area contributed by atoms with Crippen LogP contribution in [0.5, 0.6) is 0 Å². The van der Waals surface area contributed by atoms with Crippen molar-refractivity contribution in [3.8, 4) is 0 Å². The van der Waals surface area contributed by atoms with Gasteiger partial charge >= 0.3 is 6.09 Å².